The molecule has 0 fully saturated rings. The van der Waals surface area contributed by atoms with E-state index < -0.39 is 0 Å². The lowest BCUT2D eigenvalue weighted by molar-refractivity contribution is -0.118. The summed E-state index contributed by atoms with van der Waals surface area (Å²) >= 11 is 6.02. The van der Waals surface area contributed by atoms with Crippen LogP contribution in [0.25, 0.3) is 5.69 Å². The van der Waals surface area contributed by atoms with Crippen molar-refractivity contribution in [2.45, 2.75) is 20.4 Å². The SMILES string of the molecule is CC(=O)NCCNC(=O)c1ccc(O)c(O)c1.COc1ccc2c(c1)C(c1ccc(Cl)cc1)=NCc1nnc(C)n1-2. The van der Waals surface area contributed by atoms with Crippen LogP contribution in [0.2, 0.25) is 5.02 Å². The topological polar surface area (TPSA) is 151 Å². The van der Waals surface area contributed by atoms with Crippen LogP contribution in [0.1, 0.15) is 40.1 Å². The zero-order valence-corrected chi connectivity index (χ0v) is 23.4. The monoisotopic (exact) mass is 576 g/mol. The number of aryl methyl sites for hydroxylation is 1. The summed E-state index contributed by atoms with van der Waals surface area (Å²) in [5.74, 6) is 1.27. The minimum atomic E-state index is -0.384. The molecule has 12 heteroatoms. The normalized spacial score (nSPS) is 11.6. The van der Waals surface area contributed by atoms with E-state index >= 15 is 0 Å². The van der Waals surface area contributed by atoms with Crippen LogP contribution in [0.4, 0.5) is 0 Å². The van der Waals surface area contributed by atoms with Crippen LogP contribution in [0.3, 0.4) is 0 Å². The highest BCUT2D eigenvalue weighted by Crippen LogP contribution is 2.29. The Bertz CT molecular complexity index is 1600. The van der Waals surface area contributed by atoms with Crippen molar-refractivity contribution in [1.82, 2.24) is 25.4 Å². The minimum Gasteiger partial charge on any atom is -0.504 e. The number of aliphatic imine (C=N–C) groups is 1. The molecule has 212 valence electrons. The summed E-state index contributed by atoms with van der Waals surface area (Å²) in [7, 11) is 1.66. The number of aromatic nitrogens is 3. The van der Waals surface area contributed by atoms with Crippen molar-refractivity contribution in [3.8, 4) is 22.9 Å². The molecule has 0 aliphatic carbocycles. The molecule has 1 aromatic heterocycles. The van der Waals surface area contributed by atoms with Crippen LogP contribution < -0.4 is 15.4 Å². The Labute approximate surface area is 241 Å². The van der Waals surface area contributed by atoms with Crippen molar-refractivity contribution < 1.29 is 24.5 Å². The number of phenolic OH excluding ortho intramolecular Hbond substituents is 2. The van der Waals surface area contributed by atoms with E-state index in [9.17, 15) is 14.7 Å². The molecule has 1 aliphatic heterocycles. The van der Waals surface area contributed by atoms with Gasteiger partial charge in [-0.1, -0.05) is 23.7 Å². The number of phenols is 2. The second-order valence-corrected chi connectivity index (χ2v) is 9.43. The van der Waals surface area contributed by atoms with Gasteiger partial charge < -0.3 is 25.6 Å². The number of ether oxygens (including phenoxy) is 1. The Kier molecular flexibility index (Phi) is 9.20. The Morgan fingerprint density at radius 3 is 2.39 bits per heavy atom. The van der Waals surface area contributed by atoms with Crippen LogP contribution in [0, 0.1) is 6.92 Å². The fourth-order valence-corrected chi connectivity index (χ4v) is 4.25. The third-order valence-corrected chi connectivity index (χ3v) is 6.36. The third-order valence-electron chi connectivity index (χ3n) is 6.11. The molecule has 11 nitrogen and oxygen atoms in total. The first-order chi connectivity index (χ1) is 19.7. The number of hydrogen-bond acceptors (Lipinski definition) is 8. The van der Waals surface area contributed by atoms with E-state index in [4.69, 9.17) is 26.4 Å². The van der Waals surface area contributed by atoms with Gasteiger partial charge in [0, 0.05) is 41.7 Å². The Morgan fingerprint density at radius 1 is 0.976 bits per heavy atom. The zero-order chi connectivity index (χ0) is 29.5. The molecule has 0 atom stereocenters. The molecule has 2 amide bonds. The van der Waals surface area contributed by atoms with Crippen LogP contribution in [0.15, 0.2) is 65.7 Å². The molecule has 1 aliphatic rings. The highest BCUT2D eigenvalue weighted by Gasteiger charge is 2.22. The predicted octanol–water partition coefficient (Wildman–Crippen LogP) is 3.55. The van der Waals surface area contributed by atoms with E-state index in [1.165, 1.54) is 25.1 Å². The standard InChI is InChI=1S/C18H15ClN4O.C11H14N2O4/c1-11-21-22-17-10-20-18(12-3-5-13(19)6-4-12)15-9-14(24-2)7-8-16(15)23(11)17;1-7(14)12-4-5-13-11(17)8-2-3-9(15)10(16)6-8/h3-9H,10H2,1-2H3;2-3,6,15-16H,4-5H2,1H3,(H,12,14)(H,13,17). The van der Waals surface area contributed by atoms with Crippen LogP contribution in [-0.2, 0) is 11.3 Å². The number of benzene rings is 3. The number of carbonyl (C=O) groups is 2. The number of fused-ring (bicyclic) bond motifs is 3. The smallest absolute Gasteiger partial charge is 0.251 e. The van der Waals surface area contributed by atoms with E-state index in [1.807, 2.05) is 54.0 Å². The van der Waals surface area contributed by atoms with E-state index in [0.29, 0.717) is 24.7 Å². The van der Waals surface area contributed by atoms with Gasteiger partial charge in [-0.15, -0.1) is 10.2 Å². The summed E-state index contributed by atoms with van der Waals surface area (Å²) in [5, 5.41) is 32.5. The number of hydrogen-bond donors (Lipinski definition) is 4. The van der Waals surface area contributed by atoms with Gasteiger partial charge in [0.05, 0.1) is 18.5 Å². The minimum absolute atomic E-state index is 0.165. The first-order valence-corrected chi connectivity index (χ1v) is 13.0. The van der Waals surface area contributed by atoms with Crippen molar-refractivity contribution in [3.05, 3.63) is 94.0 Å². The number of methoxy groups -OCH3 is 1. The van der Waals surface area contributed by atoms with Crippen molar-refractivity contribution >= 4 is 29.1 Å². The number of carbonyl (C=O) groups excluding carboxylic acids is 2. The lowest BCUT2D eigenvalue weighted by atomic mass is 10.00. The average Bonchev–Trinajstić information content (AvgIpc) is 3.24. The van der Waals surface area contributed by atoms with Gasteiger partial charge in [0.25, 0.3) is 5.91 Å². The van der Waals surface area contributed by atoms with Crippen molar-refractivity contribution in [1.29, 1.82) is 0 Å². The molecule has 5 rings (SSSR count). The van der Waals surface area contributed by atoms with Gasteiger partial charge in [-0.2, -0.15) is 0 Å². The summed E-state index contributed by atoms with van der Waals surface area (Å²) in [5.41, 5.74) is 4.12. The quantitative estimate of drug-likeness (QED) is 0.202. The second kappa shape index (κ2) is 13.0. The molecule has 3 aromatic carbocycles. The first kappa shape index (κ1) is 29.1. The molecule has 0 radical (unpaired) electrons. The molecule has 41 heavy (non-hydrogen) atoms. The Hall–Kier alpha value is -4.90. The highest BCUT2D eigenvalue weighted by atomic mass is 35.5. The maximum Gasteiger partial charge on any atom is 0.251 e. The van der Waals surface area contributed by atoms with Gasteiger partial charge in [0.2, 0.25) is 5.91 Å². The maximum atomic E-state index is 11.5. The van der Waals surface area contributed by atoms with Gasteiger partial charge in [-0.3, -0.25) is 19.1 Å². The number of amides is 2. The average molecular weight is 577 g/mol. The molecular weight excluding hydrogens is 548 g/mol. The number of aromatic hydroxyl groups is 2. The molecular formula is C29H29ClN6O5. The molecule has 4 aromatic rings. The largest absolute Gasteiger partial charge is 0.504 e. The predicted molar refractivity (Wildman–Crippen MR) is 154 cm³/mol. The summed E-state index contributed by atoms with van der Waals surface area (Å²) in [4.78, 5) is 26.9. The van der Waals surface area contributed by atoms with E-state index in [1.54, 1.807) is 7.11 Å². The lowest BCUT2D eigenvalue weighted by Crippen LogP contribution is -2.33. The van der Waals surface area contributed by atoms with Crippen molar-refractivity contribution in [2.75, 3.05) is 20.2 Å². The van der Waals surface area contributed by atoms with Gasteiger partial charge >= 0.3 is 0 Å². The number of halogens is 1. The summed E-state index contributed by atoms with van der Waals surface area (Å²) in [6.45, 7) is 4.43. The lowest BCUT2D eigenvalue weighted by Gasteiger charge is -2.14. The highest BCUT2D eigenvalue weighted by molar-refractivity contribution is 6.30. The summed E-state index contributed by atoms with van der Waals surface area (Å²) in [6.07, 6.45) is 0. The molecule has 0 unspecified atom stereocenters. The molecule has 0 saturated carbocycles. The van der Waals surface area contributed by atoms with Crippen molar-refractivity contribution in [2.24, 2.45) is 4.99 Å². The Morgan fingerprint density at radius 2 is 1.71 bits per heavy atom. The molecule has 0 bridgehead atoms. The number of nitrogens with zero attached hydrogens (tertiary/aromatic N) is 4. The van der Waals surface area contributed by atoms with Gasteiger partial charge in [0.1, 0.15) is 18.1 Å². The summed E-state index contributed by atoms with van der Waals surface area (Å²) in [6, 6.07) is 17.4. The number of rotatable bonds is 6. The third kappa shape index (κ3) is 7.00. The Balaban J connectivity index is 0.000000202. The molecule has 0 saturated heterocycles. The van der Waals surface area contributed by atoms with Gasteiger partial charge in [0.15, 0.2) is 17.3 Å². The number of nitrogens with one attached hydrogen (secondary N) is 2. The van der Waals surface area contributed by atoms with E-state index in [-0.39, 0.29) is 28.9 Å². The van der Waals surface area contributed by atoms with Crippen molar-refractivity contribution in [3.63, 3.8) is 0 Å². The van der Waals surface area contributed by atoms with E-state index in [2.05, 4.69) is 20.8 Å². The zero-order valence-electron chi connectivity index (χ0n) is 22.7. The van der Waals surface area contributed by atoms with Gasteiger partial charge in [-0.25, -0.2) is 0 Å². The molecule has 2 heterocycles. The molecule has 4 N–H and O–H groups in total. The fraction of sp³-hybridized carbons (Fsp3) is 0.207. The second-order valence-electron chi connectivity index (χ2n) is 9.00. The summed E-state index contributed by atoms with van der Waals surface area (Å²) < 4.78 is 7.45. The molecule has 0 spiro atoms. The fourth-order valence-electron chi connectivity index (χ4n) is 4.12. The first-order valence-electron chi connectivity index (χ1n) is 12.6. The van der Waals surface area contributed by atoms with Crippen LogP contribution in [-0.4, -0.2) is 62.7 Å². The van der Waals surface area contributed by atoms with Gasteiger partial charge in [-0.05, 0) is 55.5 Å². The van der Waals surface area contributed by atoms with E-state index in [0.717, 1.165) is 39.9 Å². The van der Waals surface area contributed by atoms with Crippen LogP contribution >= 0.6 is 11.6 Å². The van der Waals surface area contributed by atoms with Crippen LogP contribution in [0.5, 0.6) is 17.2 Å². The maximum absolute atomic E-state index is 11.5.